The van der Waals surface area contributed by atoms with Gasteiger partial charge in [0.05, 0.1) is 12.5 Å². The van der Waals surface area contributed by atoms with Crippen LogP contribution in [0.4, 0.5) is 0 Å². The molecular weight excluding hydrogens is 344 g/mol. The number of nitriles is 1. The molecule has 5 unspecified atom stereocenters. The van der Waals surface area contributed by atoms with Crippen molar-refractivity contribution in [3.63, 3.8) is 0 Å². The molecule has 3 rings (SSSR count). The molecule has 0 saturated carbocycles. The van der Waals surface area contributed by atoms with Gasteiger partial charge in [-0.3, -0.25) is 14.9 Å². The fraction of sp³-hybridized carbons (Fsp3) is 0.737. The molecule has 8 heteroatoms. The number of fused-ring (bicyclic) bond motifs is 1. The fourth-order valence-corrected chi connectivity index (χ4v) is 4.51. The predicted molar refractivity (Wildman–Crippen MR) is 102 cm³/mol. The van der Waals surface area contributed by atoms with Crippen LogP contribution in [0.25, 0.3) is 0 Å². The van der Waals surface area contributed by atoms with E-state index in [9.17, 15) is 9.59 Å². The third kappa shape index (κ3) is 4.32. The SMILES string of the molecule is CC1=C(CC(=O)N[C@@H](C)C2CNC(C#N)CN2)C(=O)NC2CCNC(C)C12. The van der Waals surface area contributed by atoms with Crippen LogP contribution in [0.5, 0.6) is 0 Å². The van der Waals surface area contributed by atoms with Crippen molar-refractivity contribution >= 4 is 11.8 Å². The Hall–Kier alpha value is -1.95. The lowest BCUT2D eigenvalue weighted by molar-refractivity contribution is -0.124. The number of piperazine rings is 1. The van der Waals surface area contributed by atoms with Crippen LogP contribution in [-0.2, 0) is 9.59 Å². The zero-order valence-electron chi connectivity index (χ0n) is 16.3. The standard InChI is InChI=1S/C19H30N6O2/c1-10-14(19(27)25-15-4-5-21-12(3)18(10)15)6-17(26)24-11(2)16-9-22-13(7-20)8-23-16/h11-13,15-16,18,21-23H,4-6,8-9H2,1-3H3,(H,24,26)(H,25,27)/t11-,12?,13?,15?,16?,18?/m0/s1. The van der Waals surface area contributed by atoms with Crippen LogP contribution in [0.2, 0.25) is 0 Å². The molecule has 0 radical (unpaired) electrons. The lowest BCUT2D eigenvalue weighted by atomic mass is 9.76. The summed E-state index contributed by atoms with van der Waals surface area (Å²) in [5.74, 6) is -0.0187. The summed E-state index contributed by atoms with van der Waals surface area (Å²) >= 11 is 0. The van der Waals surface area contributed by atoms with E-state index in [4.69, 9.17) is 5.26 Å². The third-order valence-electron chi connectivity index (χ3n) is 6.11. The number of nitrogens with one attached hydrogen (secondary N) is 5. The van der Waals surface area contributed by atoms with Gasteiger partial charge in [-0.05, 0) is 33.7 Å². The third-order valence-corrected chi connectivity index (χ3v) is 6.11. The van der Waals surface area contributed by atoms with Gasteiger partial charge in [-0.2, -0.15) is 5.26 Å². The van der Waals surface area contributed by atoms with Crippen LogP contribution in [0.3, 0.4) is 0 Å². The summed E-state index contributed by atoms with van der Waals surface area (Å²) < 4.78 is 0. The first-order valence-corrected chi connectivity index (χ1v) is 9.80. The van der Waals surface area contributed by atoms with Crippen molar-refractivity contribution in [1.82, 2.24) is 26.6 Å². The summed E-state index contributed by atoms with van der Waals surface area (Å²) in [6.07, 6.45) is 1.01. The Balaban J connectivity index is 1.60. The Bertz CT molecular complexity index is 662. The molecule has 0 spiro atoms. The minimum absolute atomic E-state index is 0.0563. The van der Waals surface area contributed by atoms with E-state index in [1.54, 1.807) is 0 Å². The highest BCUT2D eigenvalue weighted by Gasteiger charge is 2.39. The van der Waals surface area contributed by atoms with E-state index in [-0.39, 0.29) is 54.4 Å². The van der Waals surface area contributed by atoms with Crippen LogP contribution >= 0.6 is 0 Å². The first-order chi connectivity index (χ1) is 12.9. The monoisotopic (exact) mass is 374 g/mol. The molecule has 3 aliphatic heterocycles. The van der Waals surface area contributed by atoms with Crippen molar-refractivity contribution in [1.29, 1.82) is 5.26 Å². The number of carbonyl (C=O) groups is 2. The van der Waals surface area contributed by atoms with Crippen molar-refractivity contribution in [2.24, 2.45) is 5.92 Å². The van der Waals surface area contributed by atoms with Gasteiger partial charge in [0.1, 0.15) is 6.04 Å². The highest BCUT2D eigenvalue weighted by atomic mass is 16.2. The van der Waals surface area contributed by atoms with Crippen molar-refractivity contribution in [3.8, 4) is 6.07 Å². The number of hydrogen-bond donors (Lipinski definition) is 5. The number of amides is 2. The first kappa shape index (κ1) is 19.8. The number of carbonyl (C=O) groups excluding carboxylic acids is 2. The molecule has 2 saturated heterocycles. The van der Waals surface area contributed by atoms with Crippen molar-refractivity contribution in [2.45, 2.75) is 63.8 Å². The van der Waals surface area contributed by atoms with E-state index in [1.807, 2.05) is 13.8 Å². The maximum absolute atomic E-state index is 12.6. The molecule has 0 aromatic heterocycles. The largest absolute Gasteiger partial charge is 0.352 e. The Morgan fingerprint density at radius 1 is 1.33 bits per heavy atom. The van der Waals surface area contributed by atoms with Gasteiger partial charge in [0.15, 0.2) is 0 Å². The van der Waals surface area contributed by atoms with Gasteiger partial charge in [-0.25, -0.2) is 0 Å². The molecule has 0 bridgehead atoms. The molecule has 0 aromatic carbocycles. The van der Waals surface area contributed by atoms with Crippen LogP contribution in [0.1, 0.15) is 33.6 Å². The number of rotatable bonds is 4. The van der Waals surface area contributed by atoms with Gasteiger partial charge >= 0.3 is 0 Å². The number of nitrogens with zero attached hydrogens (tertiary/aromatic N) is 1. The van der Waals surface area contributed by atoms with E-state index in [0.717, 1.165) is 18.5 Å². The molecule has 6 atom stereocenters. The molecule has 0 aromatic rings. The second kappa shape index (κ2) is 8.38. The molecule has 5 N–H and O–H groups in total. The summed E-state index contributed by atoms with van der Waals surface area (Å²) in [6.45, 7) is 8.14. The number of hydrogen-bond acceptors (Lipinski definition) is 6. The van der Waals surface area contributed by atoms with Crippen molar-refractivity contribution in [3.05, 3.63) is 11.1 Å². The molecule has 8 nitrogen and oxygen atoms in total. The van der Waals surface area contributed by atoms with E-state index in [1.165, 1.54) is 0 Å². The minimum atomic E-state index is -0.193. The average Bonchev–Trinajstić information content (AvgIpc) is 2.65. The molecule has 3 aliphatic rings. The second-order valence-electron chi connectivity index (χ2n) is 7.94. The summed E-state index contributed by atoms with van der Waals surface area (Å²) in [7, 11) is 0. The van der Waals surface area contributed by atoms with E-state index in [2.05, 4.69) is 39.6 Å². The summed E-state index contributed by atoms with van der Waals surface area (Å²) in [5, 5.41) is 24.9. The van der Waals surface area contributed by atoms with Crippen molar-refractivity contribution < 1.29 is 9.59 Å². The normalized spacial score (nSPS) is 34.9. The van der Waals surface area contributed by atoms with Gasteiger partial charge in [0.2, 0.25) is 11.8 Å². The predicted octanol–water partition coefficient (Wildman–Crippen LogP) is -0.852. The van der Waals surface area contributed by atoms with Gasteiger partial charge in [-0.15, -0.1) is 0 Å². The van der Waals surface area contributed by atoms with Gasteiger partial charge in [0.25, 0.3) is 0 Å². The Morgan fingerprint density at radius 3 is 2.78 bits per heavy atom. The Labute approximate surface area is 160 Å². The molecule has 3 heterocycles. The number of piperidine rings is 1. The maximum atomic E-state index is 12.6. The highest BCUT2D eigenvalue weighted by Crippen LogP contribution is 2.32. The minimum Gasteiger partial charge on any atom is -0.352 e. The molecule has 148 valence electrons. The lowest BCUT2D eigenvalue weighted by Gasteiger charge is -2.42. The summed E-state index contributed by atoms with van der Waals surface area (Å²) in [6, 6.07) is 2.39. The molecular formula is C19H30N6O2. The van der Waals surface area contributed by atoms with Crippen LogP contribution < -0.4 is 26.6 Å². The Morgan fingerprint density at radius 2 is 2.11 bits per heavy atom. The molecule has 2 amide bonds. The lowest BCUT2D eigenvalue weighted by Crippen LogP contribution is -2.61. The molecule has 2 fully saturated rings. The summed E-state index contributed by atoms with van der Waals surface area (Å²) in [4.78, 5) is 25.1. The smallest absolute Gasteiger partial charge is 0.247 e. The zero-order valence-corrected chi connectivity index (χ0v) is 16.3. The van der Waals surface area contributed by atoms with Gasteiger partial charge < -0.3 is 21.3 Å². The van der Waals surface area contributed by atoms with Crippen LogP contribution in [-0.4, -0.2) is 61.7 Å². The van der Waals surface area contributed by atoms with E-state index >= 15 is 0 Å². The maximum Gasteiger partial charge on any atom is 0.247 e. The Kier molecular flexibility index (Phi) is 6.15. The van der Waals surface area contributed by atoms with E-state index in [0.29, 0.717) is 18.7 Å². The summed E-state index contributed by atoms with van der Waals surface area (Å²) in [5.41, 5.74) is 1.62. The van der Waals surface area contributed by atoms with Crippen molar-refractivity contribution in [2.75, 3.05) is 19.6 Å². The molecule has 27 heavy (non-hydrogen) atoms. The zero-order chi connectivity index (χ0) is 19.6. The van der Waals surface area contributed by atoms with Crippen LogP contribution in [0, 0.1) is 17.2 Å². The van der Waals surface area contributed by atoms with E-state index < -0.39 is 0 Å². The fourth-order valence-electron chi connectivity index (χ4n) is 4.51. The highest BCUT2D eigenvalue weighted by molar-refractivity contribution is 6.00. The quantitative estimate of drug-likeness (QED) is 0.437. The average molecular weight is 374 g/mol. The topological polar surface area (TPSA) is 118 Å². The first-order valence-electron chi connectivity index (χ1n) is 9.80. The van der Waals surface area contributed by atoms with Gasteiger partial charge in [-0.1, -0.05) is 5.57 Å². The molecule has 0 aliphatic carbocycles. The van der Waals surface area contributed by atoms with Gasteiger partial charge in [0, 0.05) is 48.7 Å². The van der Waals surface area contributed by atoms with Crippen LogP contribution in [0.15, 0.2) is 11.1 Å². The second-order valence-corrected chi connectivity index (χ2v) is 7.94.